The summed E-state index contributed by atoms with van der Waals surface area (Å²) in [6.07, 6.45) is 2.69. The molecule has 0 aromatic carbocycles. The zero-order chi connectivity index (χ0) is 13.5. The quantitative estimate of drug-likeness (QED) is 0.772. The number of nitrogens with zero attached hydrogens (tertiary/aromatic N) is 3. The maximum absolute atomic E-state index is 4.40. The molecule has 104 valence electrons. The van der Waals surface area contributed by atoms with Gasteiger partial charge in [-0.05, 0) is 30.8 Å². The maximum atomic E-state index is 4.40. The lowest BCUT2D eigenvalue weighted by Gasteiger charge is -2.20. The highest BCUT2D eigenvalue weighted by atomic mass is 15.3. The first-order valence-electron chi connectivity index (χ1n) is 7.12. The normalized spacial score (nSPS) is 15.0. The molecule has 0 fully saturated rings. The van der Waals surface area contributed by atoms with Crippen molar-refractivity contribution < 1.29 is 0 Å². The first kappa shape index (κ1) is 15.2. The minimum atomic E-state index is 0.611. The Kier molecular flexibility index (Phi) is 6.33. The molecule has 0 saturated heterocycles. The lowest BCUT2D eigenvalue weighted by Crippen LogP contribution is -2.26. The predicted molar refractivity (Wildman–Crippen MR) is 75.4 cm³/mol. The van der Waals surface area contributed by atoms with Gasteiger partial charge in [0.25, 0.3) is 0 Å². The van der Waals surface area contributed by atoms with Crippen LogP contribution in [0, 0.1) is 17.8 Å². The van der Waals surface area contributed by atoms with E-state index in [9.17, 15) is 0 Å². The Morgan fingerprint density at radius 2 is 1.94 bits per heavy atom. The number of rotatable bonds is 8. The van der Waals surface area contributed by atoms with Gasteiger partial charge in [-0.1, -0.05) is 34.6 Å². The van der Waals surface area contributed by atoms with Gasteiger partial charge in [-0.25, -0.2) is 9.67 Å². The Balaban J connectivity index is 2.53. The molecule has 0 saturated carbocycles. The van der Waals surface area contributed by atoms with Crippen LogP contribution in [-0.4, -0.2) is 27.9 Å². The summed E-state index contributed by atoms with van der Waals surface area (Å²) in [5, 5.41) is 7.73. The van der Waals surface area contributed by atoms with E-state index in [2.05, 4.69) is 54.7 Å². The summed E-state index contributed by atoms with van der Waals surface area (Å²) in [6, 6.07) is 0. The number of hydrogen-bond donors (Lipinski definition) is 1. The molecule has 1 aromatic heterocycles. The van der Waals surface area contributed by atoms with Crippen molar-refractivity contribution in [2.75, 3.05) is 13.1 Å². The first-order valence-corrected chi connectivity index (χ1v) is 7.12. The van der Waals surface area contributed by atoms with Crippen LogP contribution in [0.5, 0.6) is 0 Å². The van der Waals surface area contributed by atoms with Crippen LogP contribution in [-0.2, 0) is 13.0 Å². The largest absolute Gasteiger partial charge is 0.317 e. The molecule has 0 aliphatic rings. The monoisotopic (exact) mass is 252 g/mol. The number of hydrogen-bond acceptors (Lipinski definition) is 3. The van der Waals surface area contributed by atoms with Crippen molar-refractivity contribution in [1.82, 2.24) is 20.1 Å². The van der Waals surface area contributed by atoms with Gasteiger partial charge in [0.15, 0.2) is 0 Å². The third-order valence-electron chi connectivity index (χ3n) is 3.43. The van der Waals surface area contributed by atoms with Crippen molar-refractivity contribution in [3.05, 3.63) is 12.2 Å². The van der Waals surface area contributed by atoms with Crippen molar-refractivity contribution >= 4 is 0 Å². The van der Waals surface area contributed by atoms with E-state index in [-0.39, 0.29) is 0 Å². The summed E-state index contributed by atoms with van der Waals surface area (Å²) in [7, 11) is 0. The Labute approximate surface area is 111 Å². The van der Waals surface area contributed by atoms with Gasteiger partial charge in [-0.2, -0.15) is 5.10 Å². The van der Waals surface area contributed by atoms with Crippen LogP contribution in [0.1, 0.15) is 40.4 Å². The molecule has 0 aliphatic heterocycles. The van der Waals surface area contributed by atoms with Crippen molar-refractivity contribution in [3.63, 3.8) is 0 Å². The Morgan fingerprint density at radius 1 is 1.22 bits per heavy atom. The van der Waals surface area contributed by atoms with Crippen LogP contribution in [0.15, 0.2) is 6.33 Å². The maximum Gasteiger partial charge on any atom is 0.138 e. The van der Waals surface area contributed by atoms with Gasteiger partial charge >= 0.3 is 0 Å². The summed E-state index contributed by atoms with van der Waals surface area (Å²) >= 11 is 0. The Bertz CT molecular complexity index is 332. The molecule has 1 heterocycles. The molecule has 2 atom stereocenters. The fraction of sp³-hybridized carbons (Fsp3) is 0.857. The molecular weight excluding hydrogens is 224 g/mol. The van der Waals surface area contributed by atoms with Crippen molar-refractivity contribution in [3.8, 4) is 0 Å². The Morgan fingerprint density at radius 3 is 2.56 bits per heavy atom. The Hall–Kier alpha value is -0.900. The van der Waals surface area contributed by atoms with Gasteiger partial charge in [0.05, 0.1) is 0 Å². The number of nitrogens with one attached hydrogen (secondary N) is 1. The van der Waals surface area contributed by atoms with Gasteiger partial charge in [-0.15, -0.1) is 0 Å². The highest BCUT2D eigenvalue weighted by molar-refractivity contribution is 4.88. The minimum Gasteiger partial charge on any atom is -0.317 e. The second-order valence-corrected chi connectivity index (χ2v) is 5.72. The molecule has 0 bridgehead atoms. The van der Waals surface area contributed by atoms with E-state index in [4.69, 9.17) is 0 Å². The van der Waals surface area contributed by atoms with Gasteiger partial charge in [-0.3, -0.25) is 0 Å². The first-order chi connectivity index (χ1) is 8.54. The third-order valence-corrected chi connectivity index (χ3v) is 3.43. The van der Waals surface area contributed by atoms with Crippen LogP contribution < -0.4 is 5.32 Å². The fourth-order valence-corrected chi connectivity index (χ4v) is 2.01. The lowest BCUT2D eigenvalue weighted by atomic mass is 9.92. The molecular formula is C14H28N4. The summed E-state index contributed by atoms with van der Waals surface area (Å²) in [5.41, 5.74) is 0. The average molecular weight is 252 g/mol. The van der Waals surface area contributed by atoms with Crippen LogP contribution in [0.3, 0.4) is 0 Å². The molecule has 0 radical (unpaired) electrons. The van der Waals surface area contributed by atoms with Crippen molar-refractivity contribution in [2.45, 2.75) is 47.6 Å². The smallest absolute Gasteiger partial charge is 0.138 e. The van der Waals surface area contributed by atoms with Crippen LogP contribution >= 0.6 is 0 Å². The summed E-state index contributed by atoms with van der Waals surface area (Å²) in [6.45, 7) is 14.3. The summed E-state index contributed by atoms with van der Waals surface area (Å²) in [4.78, 5) is 4.40. The van der Waals surface area contributed by atoms with E-state index < -0.39 is 0 Å². The van der Waals surface area contributed by atoms with Crippen molar-refractivity contribution in [2.24, 2.45) is 17.8 Å². The van der Waals surface area contributed by atoms with Gasteiger partial charge in [0, 0.05) is 13.0 Å². The zero-order valence-electron chi connectivity index (χ0n) is 12.5. The molecule has 4 nitrogen and oxygen atoms in total. The van der Waals surface area contributed by atoms with E-state index in [1.807, 2.05) is 0 Å². The highest BCUT2D eigenvalue weighted by Gasteiger charge is 2.16. The SMILES string of the molecule is CCNCC(C)C(C)Cc1ncnn1CC(C)C. The van der Waals surface area contributed by atoms with E-state index in [1.54, 1.807) is 6.33 Å². The van der Waals surface area contributed by atoms with E-state index in [1.165, 1.54) is 0 Å². The van der Waals surface area contributed by atoms with E-state index in [0.717, 1.165) is 31.9 Å². The second-order valence-electron chi connectivity index (χ2n) is 5.72. The van der Waals surface area contributed by atoms with Gasteiger partial charge < -0.3 is 5.32 Å². The number of aromatic nitrogens is 3. The molecule has 1 aromatic rings. The van der Waals surface area contributed by atoms with Crippen molar-refractivity contribution in [1.29, 1.82) is 0 Å². The topological polar surface area (TPSA) is 42.7 Å². The molecule has 0 aliphatic carbocycles. The lowest BCUT2D eigenvalue weighted by molar-refractivity contribution is 0.351. The molecule has 0 amide bonds. The molecule has 1 rings (SSSR count). The minimum absolute atomic E-state index is 0.611. The molecule has 1 N–H and O–H groups in total. The van der Waals surface area contributed by atoms with E-state index >= 15 is 0 Å². The third kappa shape index (κ3) is 4.77. The summed E-state index contributed by atoms with van der Waals surface area (Å²) in [5.74, 6) is 3.02. The molecule has 2 unspecified atom stereocenters. The van der Waals surface area contributed by atoms with Gasteiger partial charge in [0.1, 0.15) is 12.2 Å². The predicted octanol–water partition coefficient (Wildman–Crippen LogP) is 2.36. The average Bonchev–Trinajstić information content (AvgIpc) is 2.72. The second kappa shape index (κ2) is 7.52. The van der Waals surface area contributed by atoms with E-state index in [0.29, 0.717) is 17.8 Å². The standard InChI is InChI=1S/C14H28N4/c1-6-15-8-13(5)12(4)7-14-16-10-17-18(14)9-11(2)3/h10-13,15H,6-9H2,1-5H3. The van der Waals surface area contributed by atoms with Gasteiger partial charge in [0.2, 0.25) is 0 Å². The highest BCUT2D eigenvalue weighted by Crippen LogP contribution is 2.15. The van der Waals surface area contributed by atoms with Crippen LogP contribution in [0.25, 0.3) is 0 Å². The summed E-state index contributed by atoms with van der Waals surface area (Å²) < 4.78 is 2.06. The molecule has 0 spiro atoms. The molecule has 18 heavy (non-hydrogen) atoms. The fourth-order valence-electron chi connectivity index (χ4n) is 2.01. The van der Waals surface area contributed by atoms with Crippen LogP contribution in [0.2, 0.25) is 0 Å². The van der Waals surface area contributed by atoms with Crippen LogP contribution in [0.4, 0.5) is 0 Å². The zero-order valence-corrected chi connectivity index (χ0v) is 12.5. The molecule has 4 heteroatoms.